The Morgan fingerprint density at radius 1 is 1.14 bits per heavy atom. The first-order chi connectivity index (χ1) is 10.2. The molecular formula is C15H21N3O3. The summed E-state index contributed by atoms with van der Waals surface area (Å²) in [7, 11) is 6.43. The van der Waals surface area contributed by atoms with Crippen LogP contribution in [-0.2, 0) is 6.54 Å². The molecule has 0 aliphatic rings. The molecule has 0 amide bonds. The highest BCUT2D eigenvalue weighted by molar-refractivity contribution is 5.79. The first-order valence-corrected chi connectivity index (χ1v) is 6.37. The fraction of sp³-hybridized carbons (Fsp3) is 0.400. The van der Waals surface area contributed by atoms with Crippen molar-refractivity contribution in [2.45, 2.75) is 6.54 Å². The normalized spacial score (nSPS) is 10.5. The van der Waals surface area contributed by atoms with Gasteiger partial charge in [-0.3, -0.25) is 4.99 Å². The Morgan fingerprint density at radius 2 is 1.76 bits per heavy atom. The van der Waals surface area contributed by atoms with Crippen molar-refractivity contribution in [1.29, 1.82) is 0 Å². The van der Waals surface area contributed by atoms with E-state index in [9.17, 15) is 0 Å². The van der Waals surface area contributed by atoms with Crippen molar-refractivity contribution in [3.8, 4) is 29.6 Å². The highest BCUT2D eigenvalue weighted by atomic mass is 16.5. The highest BCUT2D eigenvalue weighted by Gasteiger charge is 2.13. The molecule has 114 valence electrons. The number of hydrogen-bond donors (Lipinski definition) is 2. The van der Waals surface area contributed by atoms with E-state index in [1.54, 1.807) is 28.4 Å². The maximum atomic E-state index is 5.31. The molecular weight excluding hydrogens is 270 g/mol. The molecule has 0 atom stereocenters. The molecule has 0 aliphatic carbocycles. The highest BCUT2D eigenvalue weighted by Crippen LogP contribution is 2.38. The Morgan fingerprint density at radius 3 is 2.19 bits per heavy atom. The lowest BCUT2D eigenvalue weighted by atomic mass is 10.2. The van der Waals surface area contributed by atoms with E-state index in [0.29, 0.717) is 36.3 Å². The zero-order valence-electron chi connectivity index (χ0n) is 12.8. The average Bonchev–Trinajstić information content (AvgIpc) is 2.53. The van der Waals surface area contributed by atoms with Crippen LogP contribution in [0.25, 0.3) is 0 Å². The topological polar surface area (TPSA) is 64.1 Å². The quantitative estimate of drug-likeness (QED) is 0.465. The Balaban J connectivity index is 2.87. The minimum Gasteiger partial charge on any atom is -0.493 e. The monoisotopic (exact) mass is 291 g/mol. The summed E-state index contributed by atoms with van der Waals surface area (Å²) in [5.74, 6) is 4.91. The van der Waals surface area contributed by atoms with Gasteiger partial charge in [0.05, 0.1) is 27.9 Å². The van der Waals surface area contributed by atoms with E-state index in [0.717, 1.165) is 5.56 Å². The minimum absolute atomic E-state index is 0.412. The van der Waals surface area contributed by atoms with Gasteiger partial charge in [-0.2, -0.15) is 0 Å². The zero-order valence-corrected chi connectivity index (χ0v) is 12.8. The SMILES string of the molecule is C#CCNC(=NC)NCc1cc(OC)c(OC)c(OC)c1. The van der Waals surface area contributed by atoms with Crippen LogP contribution in [0.2, 0.25) is 0 Å². The van der Waals surface area contributed by atoms with Crippen molar-refractivity contribution in [2.24, 2.45) is 4.99 Å². The standard InChI is InChI=1S/C15H21N3O3/c1-6-7-17-15(16-2)18-10-11-8-12(19-3)14(21-5)13(9-11)20-4/h1,8-9H,7,10H2,2-5H3,(H2,16,17,18). The van der Waals surface area contributed by atoms with E-state index in [4.69, 9.17) is 20.6 Å². The summed E-state index contributed by atoms with van der Waals surface area (Å²) in [5, 5.41) is 6.14. The Kier molecular flexibility index (Phi) is 6.75. The molecule has 1 rings (SSSR count). The molecule has 1 aromatic rings. The largest absolute Gasteiger partial charge is 0.493 e. The number of nitrogens with zero attached hydrogens (tertiary/aromatic N) is 1. The van der Waals surface area contributed by atoms with E-state index in [1.165, 1.54) is 0 Å². The van der Waals surface area contributed by atoms with Gasteiger partial charge in [-0.25, -0.2) is 0 Å². The van der Waals surface area contributed by atoms with Gasteiger partial charge < -0.3 is 24.8 Å². The van der Waals surface area contributed by atoms with Gasteiger partial charge in [-0.15, -0.1) is 6.42 Å². The predicted octanol–water partition coefficient (Wildman–Crippen LogP) is 1.01. The van der Waals surface area contributed by atoms with E-state index in [2.05, 4.69) is 21.5 Å². The summed E-state index contributed by atoms with van der Waals surface area (Å²) in [5.41, 5.74) is 0.966. The lowest BCUT2D eigenvalue weighted by molar-refractivity contribution is 0.323. The molecule has 0 spiro atoms. The van der Waals surface area contributed by atoms with Crippen molar-refractivity contribution >= 4 is 5.96 Å². The van der Waals surface area contributed by atoms with Gasteiger partial charge in [-0.1, -0.05) is 5.92 Å². The number of nitrogens with one attached hydrogen (secondary N) is 2. The van der Waals surface area contributed by atoms with Gasteiger partial charge in [0, 0.05) is 13.6 Å². The average molecular weight is 291 g/mol. The molecule has 0 bridgehead atoms. The van der Waals surface area contributed by atoms with Gasteiger partial charge in [0.25, 0.3) is 0 Å². The second-order valence-electron chi connectivity index (χ2n) is 4.02. The number of aliphatic imine (C=N–C) groups is 1. The molecule has 0 heterocycles. The molecule has 21 heavy (non-hydrogen) atoms. The summed E-state index contributed by atoms with van der Waals surface area (Å²) in [4.78, 5) is 4.07. The molecule has 6 nitrogen and oxygen atoms in total. The maximum absolute atomic E-state index is 5.31. The second-order valence-corrected chi connectivity index (χ2v) is 4.02. The van der Waals surface area contributed by atoms with Gasteiger partial charge >= 0.3 is 0 Å². The molecule has 0 fully saturated rings. The van der Waals surface area contributed by atoms with E-state index in [-0.39, 0.29) is 0 Å². The number of rotatable bonds is 6. The fourth-order valence-corrected chi connectivity index (χ4v) is 1.78. The fourth-order valence-electron chi connectivity index (χ4n) is 1.78. The molecule has 6 heteroatoms. The predicted molar refractivity (Wildman–Crippen MR) is 83.1 cm³/mol. The van der Waals surface area contributed by atoms with Crippen molar-refractivity contribution in [3.63, 3.8) is 0 Å². The van der Waals surface area contributed by atoms with Crippen LogP contribution in [0, 0.1) is 12.3 Å². The summed E-state index contributed by atoms with van der Waals surface area (Å²) in [6.07, 6.45) is 5.20. The molecule has 1 aromatic carbocycles. The van der Waals surface area contributed by atoms with Crippen molar-refractivity contribution in [2.75, 3.05) is 34.9 Å². The summed E-state index contributed by atoms with van der Waals surface area (Å²) in [6, 6.07) is 3.76. The summed E-state index contributed by atoms with van der Waals surface area (Å²) in [6.45, 7) is 0.954. The second kappa shape index (κ2) is 8.59. The third-order valence-corrected chi connectivity index (χ3v) is 2.77. The van der Waals surface area contributed by atoms with Crippen LogP contribution in [-0.4, -0.2) is 40.9 Å². The Hall–Kier alpha value is -2.55. The van der Waals surface area contributed by atoms with Crippen LogP contribution in [0.1, 0.15) is 5.56 Å². The van der Waals surface area contributed by atoms with Gasteiger partial charge in [-0.05, 0) is 17.7 Å². The van der Waals surface area contributed by atoms with Gasteiger partial charge in [0.1, 0.15) is 0 Å². The molecule has 0 radical (unpaired) electrons. The number of benzene rings is 1. The third kappa shape index (κ3) is 4.49. The maximum Gasteiger partial charge on any atom is 0.203 e. The zero-order chi connectivity index (χ0) is 15.7. The van der Waals surface area contributed by atoms with Crippen molar-refractivity contribution in [1.82, 2.24) is 10.6 Å². The lowest BCUT2D eigenvalue weighted by Crippen LogP contribution is -2.36. The molecule has 0 saturated heterocycles. The number of methoxy groups -OCH3 is 3. The number of guanidine groups is 1. The van der Waals surface area contributed by atoms with Crippen LogP contribution in [0.4, 0.5) is 0 Å². The van der Waals surface area contributed by atoms with Crippen LogP contribution in [0.3, 0.4) is 0 Å². The molecule has 0 unspecified atom stereocenters. The van der Waals surface area contributed by atoms with E-state index >= 15 is 0 Å². The van der Waals surface area contributed by atoms with E-state index in [1.807, 2.05) is 12.1 Å². The number of ether oxygens (including phenoxy) is 3. The van der Waals surface area contributed by atoms with Crippen LogP contribution in [0.5, 0.6) is 17.2 Å². The van der Waals surface area contributed by atoms with Gasteiger partial charge in [0.2, 0.25) is 5.75 Å². The first-order valence-electron chi connectivity index (χ1n) is 6.37. The Bertz CT molecular complexity index is 510. The van der Waals surface area contributed by atoms with Crippen LogP contribution < -0.4 is 24.8 Å². The minimum atomic E-state index is 0.412. The van der Waals surface area contributed by atoms with Crippen molar-refractivity contribution < 1.29 is 14.2 Å². The molecule has 2 N–H and O–H groups in total. The number of hydrogen-bond acceptors (Lipinski definition) is 4. The third-order valence-electron chi connectivity index (χ3n) is 2.77. The van der Waals surface area contributed by atoms with Crippen LogP contribution in [0.15, 0.2) is 17.1 Å². The van der Waals surface area contributed by atoms with Gasteiger partial charge in [0.15, 0.2) is 17.5 Å². The smallest absolute Gasteiger partial charge is 0.203 e. The van der Waals surface area contributed by atoms with E-state index < -0.39 is 0 Å². The molecule has 0 saturated carbocycles. The van der Waals surface area contributed by atoms with Crippen molar-refractivity contribution in [3.05, 3.63) is 17.7 Å². The first kappa shape index (κ1) is 16.5. The Labute approximate surface area is 125 Å². The molecule has 0 aromatic heterocycles. The number of terminal acetylenes is 1. The lowest BCUT2D eigenvalue weighted by Gasteiger charge is -2.15. The summed E-state index contributed by atoms with van der Waals surface area (Å²) >= 11 is 0. The van der Waals surface area contributed by atoms with Crippen LogP contribution >= 0.6 is 0 Å². The summed E-state index contributed by atoms with van der Waals surface area (Å²) < 4.78 is 15.9. The molecule has 0 aliphatic heterocycles.